The van der Waals surface area contributed by atoms with E-state index in [9.17, 15) is 19.5 Å². The van der Waals surface area contributed by atoms with Crippen LogP contribution in [0.3, 0.4) is 0 Å². The number of carboxylic acids is 1. The normalized spacial score (nSPS) is 25.5. The third kappa shape index (κ3) is 5.02. The van der Waals surface area contributed by atoms with Gasteiger partial charge in [0.2, 0.25) is 11.8 Å². The summed E-state index contributed by atoms with van der Waals surface area (Å²) in [7, 11) is 1.55. The molecule has 0 bridgehead atoms. The number of amides is 2. The van der Waals surface area contributed by atoms with Gasteiger partial charge in [-0.05, 0) is 39.5 Å². The van der Waals surface area contributed by atoms with E-state index in [2.05, 4.69) is 5.32 Å². The zero-order chi connectivity index (χ0) is 16.4. The van der Waals surface area contributed by atoms with Crippen molar-refractivity contribution < 1.29 is 19.5 Å². The Labute approximate surface area is 125 Å². The van der Waals surface area contributed by atoms with Crippen LogP contribution >= 0.6 is 0 Å². The first-order chi connectivity index (χ1) is 9.51. The molecule has 0 aromatic heterocycles. The lowest BCUT2D eigenvalue weighted by Gasteiger charge is -2.26. The molecule has 21 heavy (non-hydrogen) atoms. The van der Waals surface area contributed by atoms with Gasteiger partial charge in [-0.2, -0.15) is 0 Å². The van der Waals surface area contributed by atoms with Gasteiger partial charge < -0.3 is 15.3 Å². The first-order valence-electron chi connectivity index (χ1n) is 7.30. The minimum atomic E-state index is -0.926. The van der Waals surface area contributed by atoms with E-state index in [1.54, 1.807) is 7.05 Å². The third-order valence-corrected chi connectivity index (χ3v) is 3.70. The average molecular weight is 298 g/mol. The maximum Gasteiger partial charge on any atom is 0.307 e. The van der Waals surface area contributed by atoms with Crippen LogP contribution in [-0.4, -0.2) is 46.9 Å². The van der Waals surface area contributed by atoms with Gasteiger partial charge in [0.15, 0.2) is 0 Å². The molecule has 1 rings (SSSR count). The van der Waals surface area contributed by atoms with Crippen molar-refractivity contribution in [2.24, 2.45) is 17.8 Å². The number of likely N-dealkylation sites (N-methyl/N-ethyl adjacent to an activating group) is 1. The number of rotatable bonds is 4. The molecular formula is C15H26N2O4. The van der Waals surface area contributed by atoms with Crippen molar-refractivity contribution >= 4 is 17.8 Å². The molecule has 6 nitrogen and oxygen atoms in total. The highest BCUT2D eigenvalue weighted by molar-refractivity contribution is 5.89. The molecule has 0 heterocycles. The number of hydrogen-bond donors (Lipinski definition) is 2. The van der Waals surface area contributed by atoms with Crippen molar-refractivity contribution in [3.05, 3.63) is 0 Å². The van der Waals surface area contributed by atoms with E-state index < -0.39 is 17.8 Å². The second-order valence-corrected chi connectivity index (χ2v) is 7.12. The second kappa shape index (κ2) is 6.45. The van der Waals surface area contributed by atoms with Crippen molar-refractivity contribution in [2.75, 3.05) is 13.6 Å². The van der Waals surface area contributed by atoms with Crippen molar-refractivity contribution in [3.8, 4) is 0 Å². The maximum atomic E-state index is 12.4. The third-order valence-electron chi connectivity index (χ3n) is 3.70. The Balaban J connectivity index is 2.65. The molecule has 1 fully saturated rings. The molecule has 3 atom stereocenters. The van der Waals surface area contributed by atoms with Crippen molar-refractivity contribution in [1.29, 1.82) is 0 Å². The summed E-state index contributed by atoms with van der Waals surface area (Å²) in [6.45, 7) is 7.51. The van der Waals surface area contributed by atoms with Crippen LogP contribution in [0, 0.1) is 17.8 Å². The molecule has 120 valence electrons. The molecule has 0 aromatic rings. The predicted molar refractivity (Wildman–Crippen MR) is 78.5 cm³/mol. The number of nitrogens with one attached hydrogen (secondary N) is 1. The highest BCUT2D eigenvalue weighted by atomic mass is 16.4. The van der Waals surface area contributed by atoms with Gasteiger partial charge in [-0.15, -0.1) is 0 Å². The largest absolute Gasteiger partial charge is 0.481 e. The molecule has 1 aliphatic carbocycles. The summed E-state index contributed by atoms with van der Waals surface area (Å²) in [5, 5.41) is 12.0. The van der Waals surface area contributed by atoms with Crippen LogP contribution in [0.1, 0.15) is 40.5 Å². The predicted octanol–water partition coefficient (Wildman–Crippen LogP) is 1.11. The minimum absolute atomic E-state index is 0.0483. The van der Waals surface area contributed by atoms with Crippen LogP contribution in [0.2, 0.25) is 0 Å². The van der Waals surface area contributed by atoms with Gasteiger partial charge in [0.1, 0.15) is 0 Å². The van der Waals surface area contributed by atoms with Gasteiger partial charge >= 0.3 is 5.97 Å². The summed E-state index contributed by atoms with van der Waals surface area (Å²) in [6, 6.07) is 0. The number of carboxylic acid groups (broad SMARTS) is 1. The molecule has 0 aromatic carbocycles. The molecule has 0 spiro atoms. The van der Waals surface area contributed by atoms with E-state index in [-0.39, 0.29) is 29.8 Å². The Morgan fingerprint density at radius 1 is 1.19 bits per heavy atom. The molecule has 2 amide bonds. The highest BCUT2D eigenvalue weighted by Crippen LogP contribution is 2.37. The molecule has 3 unspecified atom stereocenters. The monoisotopic (exact) mass is 298 g/mol. The minimum Gasteiger partial charge on any atom is -0.481 e. The fourth-order valence-electron chi connectivity index (χ4n) is 2.87. The summed E-state index contributed by atoms with van der Waals surface area (Å²) >= 11 is 0. The summed E-state index contributed by atoms with van der Waals surface area (Å²) < 4.78 is 0. The Bertz CT molecular complexity index is 428. The Hall–Kier alpha value is -1.59. The SMILES string of the molecule is CC1CC(C(=O)O)C(C(=O)N(C)CC(=O)NC(C)(C)C)C1. The standard InChI is InChI=1S/C15H26N2O4/c1-9-6-10(11(7-9)14(20)21)13(19)17(5)8-12(18)16-15(2,3)4/h9-11H,6-8H2,1-5H3,(H,16,18)(H,20,21). The van der Waals surface area contributed by atoms with Gasteiger partial charge in [-0.25, -0.2) is 0 Å². The van der Waals surface area contributed by atoms with Crippen LogP contribution in [0.5, 0.6) is 0 Å². The fraction of sp³-hybridized carbons (Fsp3) is 0.800. The fourth-order valence-corrected chi connectivity index (χ4v) is 2.87. The zero-order valence-electron chi connectivity index (χ0n) is 13.5. The van der Waals surface area contributed by atoms with E-state index >= 15 is 0 Å². The molecule has 1 aliphatic rings. The molecule has 1 saturated carbocycles. The van der Waals surface area contributed by atoms with Crippen LogP contribution < -0.4 is 5.32 Å². The molecule has 0 saturated heterocycles. The smallest absolute Gasteiger partial charge is 0.307 e. The topological polar surface area (TPSA) is 86.7 Å². The van der Waals surface area contributed by atoms with E-state index in [1.807, 2.05) is 27.7 Å². The van der Waals surface area contributed by atoms with Gasteiger partial charge in [-0.3, -0.25) is 14.4 Å². The lowest BCUT2D eigenvalue weighted by Crippen LogP contribution is -2.47. The molecule has 2 N–H and O–H groups in total. The number of carbonyl (C=O) groups excluding carboxylic acids is 2. The van der Waals surface area contributed by atoms with E-state index in [1.165, 1.54) is 4.90 Å². The van der Waals surface area contributed by atoms with Gasteiger partial charge in [-0.1, -0.05) is 6.92 Å². The number of hydrogen-bond acceptors (Lipinski definition) is 3. The average Bonchev–Trinajstić information content (AvgIpc) is 2.67. The Morgan fingerprint density at radius 2 is 1.71 bits per heavy atom. The molecule has 6 heteroatoms. The summed E-state index contributed by atoms with van der Waals surface area (Å²) in [5.74, 6) is -2.36. The van der Waals surface area contributed by atoms with Crippen molar-refractivity contribution in [3.63, 3.8) is 0 Å². The lowest BCUT2D eigenvalue weighted by atomic mass is 9.95. The molecule has 0 aliphatic heterocycles. The number of aliphatic carboxylic acids is 1. The number of nitrogens with zero attached hydrogens (tertiary/aromatic N) is 1. The van der Waals surface area contributed by atoms with Crippen molar-refractivity contribution in [1.82, 2.24) is 10.2 Å². The van der Waals surface area contributed by atoms with Gasteiger partial charge in [0.05, 0.1) is 18.4 Å². The summed E-state index contributed by atoms with van der Waals surface area (Å²) in [6.07, 6.45) is 1.09. The number of carbonyl (C=O) groups is 3. The van der Waals surface area contributed by atoms with E-state index in [0.717, 1.165) is 0 Å². The molecule has 0 radical (unpaired) electrons. The molecular weight excluding hydrogens is 272 g/mol. The van der Waals surface area contributed by atoms with Gasteiger partial charge in [0.25, 0.3) is 0 Å². The Morgan fingerprint density at radius 3 is 2.19 bits per heavy atom. The zero-order valence-corrected chi connectivity index (χ0v) is 13.5. The lowest BCUT2D eigenvalue weighted by molar-refractivity contribution is -0.149. The first-order valence-corrected chi connectivity index (χ1v) is 7.30. The quantitative estimate of drug-likeness (QED) is 0.814. The van der Waals surface area contributed by atoms with Crippen LogP contribution in [-0.2, 0) is 14.4 Å². The van der Waals surface area contributed by atoms with Crippen LogP contribution in [0.25, 0.3) is 0 Å². The highest BCUT2D eigenvalue weighted by Gasteiger charge is 2.42. The van der Waals surface area contributed by atoms with Gasteiger partial charge in [0, 0.05) is 12.6 Å². The summed E-state index contributed by atoms with van der Waals surface area (Å²) in [4.78, 5) is 36.8. The Kier molecular flexibility index (Phi) is 5.36. The summed E-state index contributed by atoms with van der Waals surface area (Å²) in [5.41, 5.74) is -0.355. The second-order valence-electron chi connectivity index (χ2n) is 7.12. The van der Waals surface area contributed by atoms with E-state index in [0.29, 0.717) is 12.8 Å². The van der Waals surface area contributed by atoms with E-state index in [4.69, 9.17) is 0 Å². The maximum absolute atomic E-state index is 12.4. The van der Waals surface area contributed by atoms with Crippen molar-refractivity contribution in [2.45, 2.75) is 46.1 Å². The first kappa shape index (κ1) is 17.5. The van der Waals surface area contributed by atoms with Crippen LogP contribution in [0.4, 0.5) is 0 Å². The van der Waals surface area contributed by atoms with Crippen LogP contribution in [0.15, 0.2) is 0 Å².